The monoisotopic (exact) mass is 234 g/mol. The topological polar surface area (TPSA) is 61.4 Å². The predicted molar refractivity (Wildman–Crippen MR) is 65.7 cm³/mol. The average Bonchev–Trinajstić information content (AvgIpc) is 3.10. The van der Waals surface area contributed by atoms with Crippen molar-refractivity contribution in [2.24, 2.45) is 0 Å². The van der Waals surface area contributed by atoms with Gasteiger partial charge in [-0.3, -0.25) is 4.79 Å². The molecule has 0 heterocycles. The van der Waals surface area contributed by atoms with Gasteiger partial charge in [0.1, 0.15) is 5.75 Å². The van der Waals surface area contributed by atoms with E-state index in [1.54, 1.807) is 18.2 Å². The second kappa shape index (κ2) is 5.19. The lowest BCUT2D eigenvalue weighted by molar-refractivity contribution is -0.120. The lowest BCUT2D eigenvalue weighted by Gasteiger charge is -2.14. The molecule has 1 aliphatic carbocycles. The Balaban J connectivity index is 1.82. The number of hydrogen-bond acceptors (Lipinski definition) is 3. The molecule has 1 aromatic rings. The summed E-state index contributed by atoms with van der Waals surface area (Å²) >= 11 is 0. The van der Waals surface area contributed by atoms with Crippen molar-refractivity contribution in [3.63, 3.8) is 0 Å². The van der Waals surface area contributed by atoms with Crippen molar-refractivity contribution in [3.05, 3.63) is 29.8 Å². The van der Waals surface area contributed by atoms with E-state index in [2.05, 4.69) is 10.6 Å². The van der Waals surface area contributed by atoms with Gasteiger partial charge in [0, 0.05) is 6.04 Å². The van der Waals surface area contributed by atoms with Gasteiger partial charge in [0.05, 0.1) is 12.6 Å². The Hall–Kier alpha value is -1.55. The van der Waals surface area contributed by atoms with Crippen molar-refractivity contribution >= 4 is 5.91 Å². The van der Waals surface area contributed by atoms with Crippen molar-refractivity contribution in [3.8, 4) is 5.75 Å². The molecule has 0 aliphatic heterocycles. The maximum atomic E-state index is 11.6. The average molecular weight is 234 g/mol. The van der Waals surface area contributed by atoms with Gasteiger partial charge in [0.15, 0.2) is 0 Å². The summed E-state index contributed by atoms with van der Waals surface area (Å²) in [7, 11) is 0. The van der Waals surface area contributed by atoms with Crippen LogP contribution in [0.2, 0.25) is 0 Å². The van der Waals surface area contributed by atoms with E-state index >= 15 is 0 Å². The Morgan fingerprint density at radius 3 is 2.94 bits per heavy atom. The minimum atomic E-state index is -0.0874. The van der Waals surface area contributed by atoms with Crippen molar-refractivity contribution in [1.29, 1.82) is 0 Å². The Labute approximate surface area is 101 Å². The van der Waals surface area contributed by atoms with Gasteiger partial charge < -0.3 is 15.7 Å². The molecule has 0 radical (unpaired) electrons. The molecule has 1 aliphatic rings. The Bertz CT molecular complexity index is 402. The standard InChI is InChI=1S/C13H18N2O2/c1-9(10-3-2-4-12(16)7-10)15-13(17)8-14-11-5-6-11/h2-4,7,9,11,14,16H,5-6,8H2,1H3,(H,15,17). The first kappa shape index (κ1) is 11.9. The van der Waals surface area contributed by atoms with Gasteiger partial charge in [-0.1, -0.05) is 12.1 Å². The second-order valence-electron chi connectivity index (χ2n) is 4.54. The third-order valence-electron chi connectivity index (χ3n) is 2.88. The molecule has 0 saturated heterocycles. The molecule has 3 N–H and O–H groups in total. The van der Waals surface area contributed by atoms with E-state index in [1.807, 2.05) is 13.0 Å². The number of hydrogen-bond donors (Lipinski definition) is 3. The molecule has 0 bridgehead atoms. The molecule has 0 aromatic heterocycles. The zero-order chi connectivity index (χ0) is 12.3. The number of carbonyl (C=O) groups is 1. The highest BCUT2D eigenvalue weighted by Gasteiger charge is 2.21. The zero-order valence-corrected chi connectivity index (χ0v) is 9.94. The van der Waals surface area contributed by atoms with Crippen LogP contribution in [0.25, 0.3) is 0 Å². The minimum Gasteiger partial charge on any atom is -0.508 e. The third kappa shape index (κ3) is 3.75. The van der Waals surface area contributed by atoms with Gasteiger partial charge in [-0.05, 0) is 37.5 Å². The molecular formula is C13H18N2O2. The molecule has 4 heteroatoms. The summed E-state index contributed by atoms with van der Waals surface area (Å²) in [6.07, 6.45) is 2.35. The number of carbonyl (C=O) groups excluding carboxylic acids is 1. The van der Waals surface area contributed by atoms with Gasteiger partial charge in [0.2, 0.25) is 5.91 Å². The first-order valence-corrected chi connectivity index (χ1v) is 5.97. The van der Waals surface area contributed by atoms with E-state index in [0.29, 0.717) is 12.6 Å². The number of rotatable bonds is 5. The predicted octanol–water partition coefficient (Wildman–Crippen LogP) is 1.32. The highest BCUT2D eigenvalue weighted by molar-refractivity contribution is 5.78. The van der Waals surface area contributed by atoms with Gasteiger partial charge in [-0.25, -0.2) is 0 Å². The highest BCUT2D eigenvalue weighted by atomic mass is 16.3. The van der Waals surface area contributed by atoms with E-state index in [4.69, 9.17) is 0 Å². The van der Waals surface area contributed by atoms with Crippen molar-refractivity contribution in [2.75, 3.05) is 6.54 Å². The SMILES string of the molecule is CC(NC(=O)CNC1CC1)c1cccc(O)c1. The first-order valence-electron chi connectivity index (χ1n) is 5.97. The third-order valence-corrected chi connectivity index (χ3v) is 2.88. The maximum absolute atomic E-state index is 11.6. The van der Waals surface area contributed by atoms with Crippen LogP contribution in [0.3, 0.4) is 0 Å². The van der Waals surface area contributed by atoms with Crippen LogP contribution in [0.5, 0.6) is 5.75 Å². The minimum absolute atomic E-state index is 0.00672. The van der Waals surface area contributed by atoms with Crippen LogP contribution in [0.1, 0.15) is 31.4 Å². The lowest BCUT2D eigenvalue weighted by Crippen LogP contribution is -2.36. The number of phenolic OH excluding ortho intramolecular Hbond substituents is 1. The number of aromatic hydroxyl groups is 1. The Morgan fingerprint density at radius 2 is 2.29 bits per heavy atom. The van der Waals surface area contributed by atoms with Gasteiger partial charge in [-0.2, -0.15) is 0 Å². The van der Waals surface area contributed by atoms with Crippen LogP contribution in [-0.4, -0.2) is 23.6 Å². The van der Waals surface area contributed by atoms with E-state index in [1.165, 1.54) is 12.8 Å². The lowest BCUT2D eigenvalue weighted by atomic mass is 10.1. The van der Waals surface area contributed by atoms with Crippen LogP contribution in [0.4, 0.5) is 0 Å². The Kier molecular flexibility index (Phi) is 3.64. The van der Waals surface area contributed by atoms with E-state index < -0.39 is 0 Å². The quantitative estimate of drug-likeness (QED) is 0.720. The summed E-state index contributed by atoms with van der Waals surface area (Å²) in [6, 6.07) is 7.40. The molecule has 92 valence electrons. The summed E-state index contributed by atoms with van der Waals surface area (Å²) in [4.78, 5) is 11.6. The number of benzene rings is 1. The number of nitrogens with one attached hydrogen (secondary N) is 2. The largest absolute Gasteiger partial charge is 0.508 e. The summed E-state index contributed by atoms with van der Waals surface area (Å²) < 4.78 is 0. The molecule has 0 spiro atoms. The fourth-order valence-electron chi connectivity index (χ4n) is 1.69. The van der Waals surface area contributed by atoms with Crippen LogP contribution >= 0.6 is 0 Å². The molecule has 17 heavy (non-hydrogen) atoms. The molecule has 1 aromatic carbocycles. The molecule has 4 nitrogen and oxygen atoms in total. The summed E-state index contributed by atoms with van der Waals surface area (Å²) in [5.74, 6) is 0.215. The van der Waals surface area contributed by atoms with Crippen molar-refractivity contribution in [1.82, 2.24) is 10.6 Å². The maximum Gasteiger partial charge on any atom is 0.234 e. The van der Waals surface area contributed by atoms with Gasteiger partial charge in [-0.15, -0.1) is 0 Å². The van der Waals surface area contributed by atoms with Crippen molar-refractivity contribution in [2.45, 2.75) is 31.8 Å². The van der Waals surface area contributed by atoms with Crippen molar-refractivity contribution < 1.29 is 9.90 Å². The van der Waals surface area contributed by atoms with Gasteiger partial charge in [0.25, 0.3) is 0 Å². The molecule has 2 rings (SSSR count). The molecule has 1 saturated carbocycles. The number of amides is 1. The first-order chi connectivity index (χ1) is 8.15. The van der Waals surface area contributed by atoms with E-state index in [-0.39, 0.29) is 17.7 Å². The molecule has 1 unspecified atom stereocenters. The normalized spacial score (nSPS) is 16.5. The summed E-state index contributed by atoms with van der Waals surface area (Å²) in [6.45, 7) is 2.28. The highest BCUT2D eigenvalue weighted by Crippen LogP contribution is 2.19. The summed E-state index contributed by atoms with van der Waals surface area (Å²) in [5.41, 5.74) is 0.907. The number of phenols is 1. The molecular weight excluding hydrogens is 216 g/mol. The van der Waals surface area contributed by atoms with E-state index in [0.717, 1.165) is 5.56 Å². The molecule has 1 atom stereocenters. The fraction of sp³-hybridized carbons (Fsp3) is 0.462. The smallest absolute Gasteiger partial charge is 0.234 e. The van der Waals surface area contributed by atoms with Crippen LogP contribution < -0.4 is 10.6 Å². The molecule has 1 amide bonds. The fourth-order valence-corrected chi connectivity index (χ4v) is 1.69. The van der Waals surface area contributed by atoms with Crippen LogP contribution in [-0.2, 0) is 4.79 Å². The molecule has 1 fully saturated rings. The zero-order valence-electron chi connectivity index (χ0n) is 9.94. The Morgan fingerprint density at radius 1 is 1.53 bits per heavy atom. The van der Waals surface area contributed by atoms with Crippen LogP contribution in [0.15, 0.2) is 24.3 Å². The van der Waals surface area contributed by atoms with E-state index in [9.17, 15) is 9.90 Å². The second-order valence-corrected chi connectivity index (χ2v) is 4.54. The summed E-state index contributed by atoms with van der Waals surface area (Å²) in [5, 5.41) is 15.4. The van der Waals surface area contributed by atoms with Crippen LogP contribution in [0, 0.1) is 0 Å². The van der Waals surface area contributed by atoms with Gasteiger partial charge >= 0.3 is 0 Å².